The van der Waals surface area contributed by atoms with E-state index in [0.29, 0.717) is 6.04 Å². The molecule has 1 saturated heterocycles. The van der Waals surface area contributed by atoms with E-state index in [1.54, 1.807) is 0 Å². The van der Waals surface area contributed by atoms with E-state index < -0.39 is 0 Å². The zero-order valence-corrected chi connectivity index (χ0v) is 11.8. The first kappa shape index (κ1) is 13.3. The molecule has 1 aliphatic rings. The average molecular weight is 264 g/mol. The van der Waals surface area contributed by atoms with Crippen LogP contribution in [0.3, 0.4) is 0 Å². The van der Waals surface area contributed by atoms with Crippen molar-refractivity contribution < 1.29 is 4.79 Å². The fraction of sp³-hybridized carbons (Fsp3) is 0.500. The van der Waals surface area contributed by atoms with Crippen molar-refractivity contribution in [2.75, 3.05) is 29.9 Å². The summed E-state index contributed by atoms with van der Waals surface area (Å²) in [4.78, 5) is 14.4. The van der Waals surface area contributed by atoms with Gasteiger partial charge >= 0.3 is 0 Å². The second-order valence-corrected chi connectivity index (χ2v) is 5.97. The number of hydrogen-bond donors (Lipinski definition) is 1. The Morgan fingerprint density at radius 2 is 1.94 bits per heavy atom. The normalized spacial score (nSPS) is 15.8. The number of carbonyl (C=O) groups is 1. The van der Waals surface area contributed by atoms with E-state index in [9.17, 15) is 4.79 Å². The highest BCUT2D eigenvalue weighted by molar-refractivity contribution is 7.99. The number of hydrogen-bond acceptors (Lipinski definition) is 3. The molecule has 0 spiro atoms. The van der Waals surface area contributed by atoms with E-state index in [-0.39, 0.29) is 5.91 Å². The maximum atomic E-state index is 12.5. The van der Waals surface area contributed by atoms with Gasteiger partial charge in [0.1, 0.15) is 0 Å². The molecule has 0 aliphatic carbocycles. The maximum absolute atomic E-state index is 12.5. The minimum Gasteiger partial charge on any atom is -0.382 e. The van der Waals surface area contributed by atoms with E-state index in [4.69, 9.17) is 0 Å². The predicted octanol–water partition coefficient (Wildman–Crippen LogP) is 2.70. The molecule has 0 unspecified atom stereocenters. The van der Waals surface area contributed by atoms with Gasteiger partial charge in [0, 0.05) is 36.3 Å². The molecule has 98 valence electrons. The molecule has 0 saturated carbocycles. The van der Waals surface area contributed by atoms with Crippen molar-refractivity contribution >= 4 is 23.4 Å². The zero-order chi connectivity index (χ0) is 13.0. The molecule has 1 aromatic carbocycles. The van der Waals surface area contributed by atoms with Crippen LogP contribution in [0.25, 0.3) is 0 Å². The summed E-state index contributed by atoms with van der Waals surface area (Å²) >= 11 is 1.92. The fourth-order valence-corrected chi connectivity index (χ4v) is 2.95. The highest BCUT2D eigenvalue weighted by Crippen LogP contribution is 2.20. The van der Waals surface area contributed by atoms with Crippen LogP contribution in [-0.2, 0) is 0 Å². The molecule has 0 atom stereocenters. The fourth-order valence-electron chi connectivity index (χ4n) is 2.04. The molecule has 2 rings (SSSR count). The van der Waals surface area contributed by atoms with Gasteiger partial charge in [0.15, 0.2) is 0 Å². The number of carbonyl (C=O) groups excluding carboxylic acids is 1. The topological polar surface area (TPSA) is 32.3 Å². The van der Waals surface area contributed by atoms with Crippen LogP contribution in [0.5, 0.6) is 0 Å². The third-order valence-corrected chi connectivity index (χ3v) is 3.84. The summed E-state index contributed by atoms with van der Waals surface area (Å²) in [6, 6.07) is 8.11. The number of rotatable bonds is 3. The highest BCUT2D eigenvalue weighted by Gasteiger charge is 2.20. The van der Waals surface area contributed by atoms with Crippen LogP contribution >= 0.6 is 11.8 Å². The Morgan fingerprint density at radius 1 is 1.28 bits per heavy atom. The van der Waals surface area contributed by atoms with Crippen LogP contribution < -0.4 is 5.32 Å². The molecule has 4 heteroatoms. The second-order valence-electron chi connectivity index (χ2n) is 4.75. The smallest absolute Gasteiger partial charge is 0.256 e. The van der Waals surface area contributed by atoms with Gasteiger partial charge in [-0.05, 0) is 26.0 Å². The maximum Gasteiger partial charge on any atom is 0.256 e. The molecule has 1 amide bonds. The highest BCUT2D eigenvalue weighted by atomic mass is 32.2. The number of thioether (sulfide) groups is 1. The molecule has 1 aromatic rings. The van der Waals surface area contributed by atoms with Crippen LogP contribution in [-0.4, -0.2) is 41.4 Å². The zero-order valence-electron chi connectivity index (χ0n) is 11.0. The van der Waals surface area contributed by atoms with Crippen LogP contribution in [0, 0.1) is 0 Å². The van der Waals surface area contributed by atoms with Crippen LogP contribution in [0.15, 0.2) is 24.3 Å². The third kappa shape index (κ3) is 3.19. The quantitative estimate of drug-likeness (QED) is 0.911. The molecule has 18 heavy (non-hydrogen) atoms. The number of para-hydroxylation sites is 1. The van der Waals surface area contributed by atoms with Crippen molar-refractivity contribution in [2.45, 2.75) is 19.9 Å². The molecule has 1 N–H and O–H groups in total. The molecule has 3 nitrogen and oxygen atoms in total. The van der Waals surface area contributed by atoms with Gasteiger partial charge in [0.05, 0.1) is 5.56 Å². The van der Waals surface area contributed by atoms with E-state index in [2.05, 4.69) is 19.2 Å². The summed E-state index contributed by atoms with van der Waals surface area (Å²) in [6.45, 7) is 5.89. The number of anilines is 1. The van der Waals surface area contributed by atoms with Crippen molar-refractivity contribution in [3.63, 3.8) is 0 Å². The van der Waals surface area contributed by atoms with Gasteiger partial charge in [-0.25, -0.2) is 0 Å². The van der Waals surface area contributed by atoms with Gasteiger partial charge in [-0.15, -0.1) is 0 Å². The summed E-state index contributed by atoms with van der Waals surface area (Å²) in [6.07, 6.45) is 0. The Kier molecular flexibility index (Phi) is 4.53. The van der Waals surface area contributed by atoms with Crippen molar-refractivity contribution in [1.82, 2.24) is 4.90 Å². The molecular formula is C14H20N2OS. The van der Waals surface area contributed by atoms with Crippen LogP contribution in [0.4, 0.5) is 5.69 Å². The van der Waals surface area contributed by atoms with E-state index in [1.165, 1.54) is 0 Å². The summed E-state index contributed by atoms with van der Waals surface area (Å²) in [5.41, 5.74) is 1.73. The van der Waals surface area contributed by atoms with E-state index in [0.717, 1.165) is 35.8 Å². The van der Waals surface area contributed by atoms with Gasteiger partial charge < -0.3 is 10.2 Å². The lowest BCUT2D eigenvalue weighted by molar-refractivity contribution is 0.0773. The Labute approximate surface area is 113 Å². The minimum absolute atomic E-state index is 0.152. The summed E-state index contributed by atoms with van der Waals surface area (Å²) in [7, 11) is 0. The van der Waals surface area contributed by atoms with Crippen molar-refractivity contribution in [2.24, 2.45) is 0 Å². The first-order valence-corrected chi connectivity index (χ1v) is 7.56. The Hall–Kier alpha value is -1.16. The number of nitrogens with one attached hydrogen (secondary N) is 1. The first-order chi connectivity index (χ1) is 8.68. The monoisotopic (exact) mass is 264 g/mol. The molecular weight excluding hydrogens is 244 g/mol. The Morgan fingerprint density at radius 3 is 2.61 bits per heavy atom. The number of benzene rings is 1. The standard InChI is InChI=1S/C14H20N2OS/c1-11(2)15-13-6-4-3-5-12(13)14(17)16-7-9-18-10-8-16/h3-6,11,15H,7-10H2,1-2H3. The SMILES string of the molecule is CC(C)Nc1ccccc1C(=O)N1CCSCC1. The van der Waals surface area contributed by atoms with Crippen molar-refractivity contribution in [1.29, 1.82) is 0 Å². The lowest BCUT2D eigenvalue weighted by Gasteiger charge is -2.27. The number of nitrogens with zero attached hydrogens (tertiary/aromatic N) is 1. The van der Waals surface area contributed by atoms with Gasteiger partial charge in [0.2, 0.25) is 0 Å². The van der Waals surface area contributed by atoms with Crippen molar-refractivity contribution in [3.8, 4) is 0 Å². The predicted molar refractivity (Wildman–Crippen MR) is 78.4 cm³/mol. The molecule has 0 radical (unpaired) electrons. The summed E-state index contributed by atoms with van der Waals surface area (Å²) in [5.74, 6) is 2.25. The van der Waals surface area contributed by atoms with Gasteiger partial charge in [-0.2, -0.15) is 11.8 Å². The Bertz CT molecular complexity index is 414. The van der Waals surface area contributed by atoms with Gasteiger partial charge in [-0.3, -0.25) is 4.79 Å². The average Bonchev–Trinajstić information content (AvgIpc) is 2.39. The summed E-state index contributed by atoms with van der Waals surface area (Å²) < 4.78 is 0. The Balaban J connectivity index is 2.18. The molecule has 0 aromatic heterocycles. The molecule has 1 heterocycles. The van der Waals surface area contributed by atoms with E-state index in [1.807, 2.05) is 40.9 Å². The lowest BCUT2D eigenvalue weighted by Crippen LogP contribution is -2.38. The minimum atomic E-state index is 0.152. The largest absolute Gasteiger partial charge is 0.382 e. The molecule has 1 aliphatic heterocycles. The number of amides is 1. The van der Waals surface area contributed by atoms with Crippen LogP contribution in [0.2, 0.25) is 0 Å². The van der Waals surface area contributed by atoms with Crippen molar-refractivity contribution in [3.05, 3.63) is 29.8 Å². The third-order valence-electron chi connectivity index (χ3n) is 2.90. The van der Waals surface area contributed by atoms with Gasteiger partial charge in [0.25, 0.3) is 5.91 Å². The first-order valence-electron chi connectivity index (χ1n) is 6.41. The summed E-state index contributed by atoms with van der Waals surface area (Å²) in [5, 5.41) is 3.34. The molecule has 0 bridgehead atoms. The lowest BCUT2D eigenvalue weighted by atomic mass is 10.1. The van der Waals surface area contributed by atoms with Crippen LogP contribution in [0.1, 0.15) is 24.2 Å². The second kappa shape index (κ2) is 6.14. The van der Waals surface area contributed by atoms with E-state index >= 15 is 0 Å². The van der Waals surface area contributed by atoms with Gasteiger partial charge in [-0.1, -0.05) is 12.1 Å². The molecule has 1 fully saturated rings.